The summed E-state index contributed by atoms with van der Waals surface area (Å²) in [5.41, 5.74) is 1.29. The molecule has 4 rings (SSSR count). The maximum absolute atomic E-state index is 12.4. The Morgan fingerprint density at radius 3 is 1.47 bits per heavy atom. The fourth-order valence-corrected chi connectivity index (χ4v) is 3.28. The quantitative estimate of drug-likeness (QED) is 0.373. The fraction of sp³-hybridized carbons (Fsp3) is 0.0769. The van der Waals surface area contributed by atoms with E-state index in [1.807, 2.05) is 62.4 Å². The number of anilines is 2. The van der Waals surface area contributed by atoms with Gasteiger partial charge in [-0.05, 0) is 62.4 Å². The highest BCUT2D eigenvalue weighted by atomic mass is 16.3. The van der Waals surface area contributed by atoms with Crippen LogP contribution in [0.1, 0.15) is 23.0 Å². The fourth-order valence-electron chi connectivity index (χ4n) is 3.28. The predicted molar refractivity (Wildman–Crippen MR) is 126 cm³/mol. The molecule has 0 bridgehead atoms. The van der Waals surface area contributed by atoms with Gasteiger partial charge in [-0.15, -0.1) is 0 Å². The summed E-state index contributed by atoms with van der Waals surface area (Å²) in [5.74, 6) is 2.22. The molecule has 2 aromatic carbocycles. The first-order valence-corrected chi connectivity index (χ1v) is 10.1. The van der Waals surface area contributed by atoms with E-state index in [-0.39, 0.29) is 11.8 Å². The molecule has 0 aliphatic heterocycles. The topological polar surface area (TPSA) is 84.5 Å². The Kier molecular flexibility index (Phi) is 6.03. The summed E-state index contributed by atoms with van der Waals surface area (Å²) in [6.45, 7) is 3.69. The Balaban J connectivity index is 1.50. The molecule has 2 amide bonds. The number of furan rings is 2. The molecule has 0 saturated carbocycles. The van der Waals surface area contributed by atoms with Crippen molar-refractivity contribution in [2.24, 2.45) is 0 Å². The van der Waals surface area contributed by atoms with Gasteiger partial charge in [0.15, 0.2) is 0 Å². The first-order valence-electron chi connectivity index (χ1n) is 10.1. The van der Waals surface area contributed by atoms with E-state index in [1.165, 1.54) is 12.2 Å². The molecule has 32 heavy (non-hydrogen) atoms. The van der Waals surface area contributed by atoms with Crippen molar-refractivity contribution in [1.29, 1.82) is 0 Å². The van der Waals surface area contributed by atoms with Gasteiger partial charge in [0.05, 0.1) is 0 Å². The Bertz CT molecular complexity index is 1240. The molecule has 0 spiro atoms. The first kappa shape index (κ1) is 20.9. The molecule has 4 aromatic rings. The minimum atomic E-state index is -0.280. The van der Waals surface area contributed by atoms with E-state index in [0.717, 1.165) is 22.3 Å². The number of hydrogen-bond donors (Lipinski definition) is 2. The van der Waals surface area contributed by atoms with Crippen LogP contribution in [0.2, 0.25) is 0 Å². The third-order valence-corrected chi connectivity index (χ3v) is 4.76. The largest absolute Gasteiger partial charge is 0.462 e. The SMILES string of the molecule is Cc1ccc(C=CC(=O)Nc2cccc3c(NC(=O)C=Cc4ccc(C)o4)cccc23)o1. The summed E-state index contributed by atoms with van der Waals surface area (Å²) in [4.78, 5) is 24.8. The van der Waals surface area contributed by atoms with Crippen LogP contribution in [0.25, 0.3) is 22.9 Å². The summed E-state index contributed by atoms with van der Waals surface area (Å²) in [5, 5.41) is 7.39. The second-order valence-corrected chi connectivity index (χ2v) is 7.25. The molecule has 0 aliphatic carbocycles. The lowest BCUT2D eigenvalue weighted by Crippen LogP contribution is -2.10. The number of fused-ring (bicyclic) bond motifs is 1. The third-order valence-electron chi connectivity index (χ3n) is 4.76. The summed E-state index contributed by atoms with van der Waals surface area (Å²) in [6, 6.07) is 18.3. The van der Waals surface area contributed by atoms with Gasteiger partial charge >= 0.3 is 0 Å². The molecule has 6 heteroatoms. The van der Waals surface area contributed by atoms with Crippen molar-refractivity contribution in [2.75, 3.05) is 10.6 Å². The average Bonchev–Trinajstić information content (AvgIpc) is 3.39. The van der Waals surface area contributed by atoms with Gasteiger partial charge in [-0.2, -0.15) is 0 Å². The first-order chi connectivity index (χ1) is 15.5. The van der Waals surface area contributed by atoms with Crippen LogP contribution in [0.4, 0.5) is 11.4 Å². The molecule has 2 aromatic heterocycles. The third kappa shape index (κ3) is 5.05. The second kappa shape index (κ2) is 9.22. The number of rotatable bonds is 6. The zero-order valence-corrected chi connectivity index (χ0v) is 17.7. The van der Waals surface area contributed by atoms with Crippen molar-refractivity contribution in [1.82, 2.24) is 0 Å². The van der Waals surface area contributed by atoms with Crippen LogP contribution in [0.5, 0.6) is 0 Å². The number of carbonyl (C=O) groups excluding carboxylic acids is 2. The minimum Gasteiger partial charge on any atom is -0.462 e. The van der Waals surface area contributed by atoms with Crippen molar-refractivity contribution in [3.63, 3.8) is 0 Å². The molecular formula is C26H22N2O4. The molecule has 0 saturated heterocycles. The Labute approximate surface area is 185 Å². The van der Waals surface area contributed by atoms with Gasteiger partial charge in [0.25, 0.3) is 0 Å². The summed E-state index contributed by atoms with van der Waals surface area (Å²) in [7, 11) is 0. The number of carbonyl (C=O) groups is 2. The van der Waals surface area contributed by atoms with Crippen LogP contribution in [0, 0.1) is 13.8 Å². The Morgan fingerprint density at radius 1 is 0.656 bits per heavy atom. The van der Waals surface area contributed by atoms with Crippen LogP contribution in [-0.2, 0) is 9.59 Å². The van der Waals surface area contributed by atoms with E-state index in [2.05, 4.69) is 10.6 Å². The Morgan fingerprint density at radius 2 is 1.09 bits per heavy atom. The van der Waals surface area contributed by atoms with Crippen molar-refractivity contribution in [3.8, 4) is 0 Å². The van der Waals surface area contributed by atoms with Crippen molar-refractivity contribution in [2.45, 2.75) is 13.8 Å². The van der Waals surface area contributed by atoms with Crippen molar-refractivity contribution < 1.29 is 18.4 Å². The van der Waals surface area contributed by atoms with E-state index in [9.17, 15) is 9.59 Å². The number of nitrogens with one attached hydrogen (secondary N) is 2. The van der Waals surface area contributed by atoms with E-state index < -0.39 is 0 Å². The lowest BCUT2D eigenvalue weighted by Gasteiger charge is -2.11. The van der Waals surface area contributed by atoms with Gasteiger partial charge in [-0.1, -0.05) is 24.3 Å². The van der Waals surface area contributed by atoms with E-state index in [4.69, 9.17) is 8.83 Å². The van der Waals surface area contributed by atoms with Crippen molar-refractivity contribution in [3.05, 3.63) is 95.9 Å². The highest BCUT2D eigenvalue weighted by Gasteiger charge is 2.08. The lowest BCUT2D eigenvalue weighted by atomic mass is 10.1. The molecule has 6 nitrogen and oxygen atoms in total. The van der Waals surface area contributed by atoms with Gasteiger partial charge in [0.1, 0.15) is 23.0 Å². The van der Waals surface area contributed by atoms with Crippen LogP contribution < -0.4 is 10.6 Å². The lowest BCUT2D eigenvalue weighted by molar-refractivity contribution is -0.112. The summed E-state index contributed by atoms with van der Waals surface area (Å²) in [6.07, 6.45) is 6.08. The van der Waals surface area contributed by atoms with Gasteiger partial charge in [-0.25, -0.2) is 0 Å². The standard InChI is InChI=1S/C26H22N2O4/c1-17-9-11-19(31-17)13-15-25(29)27-23-7-3-6-22-21(23)5-4-8-24(22)28-26(30)16-14-20-12-10-18(2)32-20/h3-16H,1-2H3,(H,27,29)(H,28,30). The number of benzene rings is 2. The minimum absolute atomic E-state index is 0.280. The smallest absolute Gasteiger partial charge is 0.248 e. The number of hydrogen-bond acceptors (Lipinski definition) is 4. The predicted octanol–water partition coefficient (Wildman–Crippen LogP) is 5.95. The van der Waals surface area contributed by atoms with E-state index in [0.29, 0.717) is 22.9 Å². The molecule has 0 fully saturated rings. The van der Waals surface area contributed by atoms with Crippen LogP contribution in [-0.4, -0.2) is 11.8 Å². The molecule has 0 atom stereocenters. The molecule has 2 heterocycles. The van der Waals surface area contributed by atoms with Gasteiger partial charge < -0.3 is 19.5 Å². The highest BCUT2D eigenvalue weighted by molar-refractivity contribution is 6.12. The second-order valence-electron chi connectivity index (χ2n) is 7.25. The molecule has 0 unspecified atom stereocenters. The zero-order valence-electron chi connectivity index (χ0n) is 17.7. The average molecular weight is 426 g/mol. The molecular weight excluding hydrogens is 404 g/mol. The number of amides is 2. The number of aryl methyl sites for hydroxylation is 2. The maximum Gasteiger partial charge on any atom is 0.248 e. The highest BCUT2D eigenvalue weighted by Crippen LogP contribution is 2.29. The van der Waals surface area contributed by atoms with Gasteiger partial charge in [0.2, 0.25) is 11.8 Å². The maximum atomic E-state index is 12.4. The van der Waals surface area contributed by atoms with Crippen LogP contribution >= 0.6 is 0 Å². The normalized spacial score (nSPS) is 11.4. The monoisotopic (exact) mass is 426 g/mol. The van der Waals surface area contributed by atoms with Crippen LogP contribution in [0.3, 0.4) is 0 Å². The Hall–Kier alpha value is -4.32. The molecule has 0 aliphatic rings. The van der Waals surface area contributed by atoms with E-state index in [1.54, 1.807) is 24.3 Å². The van der Waals surface area contributed by atoms with Gasteiger partial charge in [0, 0.05) is 34.3 Å². The molecule has 0 radical (unpaired) electrons. The van der Waals surface area contributed by atoms with Crippen molar-refractivity contribution >= 4 is 46.1 Å². The molecule has 160 valence electrons. The van der Waals surface area contributed by atoms with Gasteiger partial charge in [-0.3, -0.25) is 9.59 Å². The molecule has 2 N–H and O–H groups in total. The zero-order chi connectivity index (χ0) is 22.5. The van der Waals surface area contributed by atoms with Crippen LogP contribution in [0.15, 0.2) is 81.7 Å². The summed E-state index contributed by atoms with van der Waals surface area (Å²) >= 11 is 0. The summed E-state index contributed by atoms with van der Waals surface area (Å²) < 4.78 is 10.9. The van der Waals surface area contributed by atoms with E-state index >= 15 is 0 Å².